The van der Waals surface area contributed by atoms with Gasteiger partial charge >= 0.3 is 0 Å². The van der Waals surface area contributed by atoms with E-state index in [4.69, 9.17) is 0 Å². The predicted octanol–water partition coefficient (Wildman–Crippen LogP) is 1.90. The molecule has 1 N–H and O–H groups in total. The first-order chi connectivity index (χ1) is 14.1. The second-order valence-corrected chi connectivity index (χ2v) is 7.71. The maximum absolute atomic E-state index is 12.9. The van der Waals surface area contributed by atoms with Crippen molar-refractivity contribution in [1.29, 1.82) is 0 Å². The topological polar surface area (TPSA) is 84.5 Å². The smallest absolute Gasteiger partial charge is 0.274 e. The van der Waals surface area contributed by atoms with Crippen LogP contribution < -0.4 is 5.32 Å². The highest BCUT2D eigenvalue weighted by molar-refractivity contribution is 5.93. The molecule has 1 fully saturated rings. The summed E-state index contributed by atoms with van der Waals surface area (Å²) in [6.45, 7) is 4.60. The van der Waals surface area contributed by atoms with Crippen molar-refractivity contribution in [2.45, 2.75) is 32.7 Å². The number of carbonyl (C=O) groups is 2. The van der Waals surface area contributed by atoms with Gasteiger partial charge in [0.2, 0.25) is 5.91 Å². The summed E-state index contributed by atoms with van der Waals surface area (Å²) in [5, 5.41) is 2.96. The Bertz CT molecular complexity index is 994. The maximum Gasteiger partial charge on any atom is 0.274 e. The number of carbonyl (C=O) groups excluding carboxylic acids is 2. The molecule has 152 valence electrons. The molecule has 0 radical (unpaired) electrons. The molecule has 1 aliphatic heterocycles. The van der Waals surface area contributed by atoms with Gasteiger partial charge in [-0.3, -0.25) is 9.59 Å². The molecule has 0 saturated carbocycles. The molecule has 1 atom stereocenters. The van der Waals surface area contributed by atoms with E-state index in [-0.39, 0.29) is 17.7 Å². The van der Waals surface area contributed by atoms with Crippen LogP contribution in [0.4, 0.5) is 0 Å². The van der Waals surface area contributed by atoms with Gasteiger partial charge < -0.3 is 19.2 Å². The van der Waals surface area contributed by atoms with Crippen molar-refractivity contribution in [2.24, 2.45) is 5.92 Å². The molecule has 0 spiro atoms. The van der Waals surface area contributed by atoms with E-state index in [9.17, 15) is 9.59 Å². The van der Waals surface area contributed by atoms with E-state index in [0.29, 0.717) is 38.3 Å². The highest BCUT2D eigenvalue weighted by Gasteiger charge is 2.27. The Balaban J connectivity index is 1.31. The van der Waals surface area contributed by atoms with Gasteiger partial charge in [0.1, 0.15) is 11.3 Å². The lowest BCUT2D eigenvalue weighted by atomic mass is 9.94. The Labute approximate surface area is 169 Å². The number of rotatable bonds is 6. The number of pyridine rings is 1. The zero-order chi connectivity index (χ0) is 20.2. The third-order valence-corrected chi connectivity index (χ3v) is 5.35. The van der Waals surface area contributed by atoms with Crippen LogP contribution in [0.15, 0.2) is 43.2 Å². The largest absolute Gasteiger partial charge is 0.354 e. The second kappa shape index (κ2) is 8.46. The maximum atomic E-state index is 12.9. The number of hydrogen-bond acceptors (Lipinski definition) is 4. The molecule has 0 aliphatic carbocycles. The van der Waals surface area contributed by atoms with Gasteiger partial charge in [-0.1, -0.05) is 6.07 Å². The van der Waals surface area contributed by atoms with Crippen LogP contribution in [0, 0.1) is 12.8 Å². The fourth-order valence-corrected chi connectivity index (χ4v) is 3.86. The van der Waals surface area contributed by atoms with Gasteiger partial charge in [0.05, 0.1) is 6.33 Å². The van der Waals surface area contributed by atoms with Crippen molar-refractivity contribution in [1.82, 2.24) is 29.2 Å². The van der Waals surface area contributed by atoms with Gasteiger partial charge in [0.25, 0.3) is 5.91 Å². The third kappa shape index (κ3) is 4.64. The van der Waals surface area contributed by atoms with Crippen molar-refractivity contribution in [2.75, 3.05) is 19.6 Å². The van der Waals surface area contributed by atoms with Gasteiger partial charge in [-0.25, -0.2) is 9.97 Å². The highest BCUT2D eigenvalue weighted by atomic mass is 16.2. The van der Waals surface area contributed by atoms with Crippen molar-refractivity contribution >= 4 is 17.5 Å². The van der Waals surface area contributed by atoms with E-state index in [0.717, 1.165) is 24.1 Å². The molecule has 0 unspecified atom stereocenters. The number of imidazole rings is 2. The van der Waals surface area contributed by atoms with Gasteiger partial charge in [-0.15, -0.1) is 0 Å². The van der Waals surface area contributed by atoms with E-state index in [1.165, 1.54) is 0 Å². The van der Waals surface area contributed by atoms with E-state index in [2.05, 4.69) is 15.3 Å². The van der Waals surface area contributed by atoms with Gasteiger partial charge in [0.15, 0.2) is 0 Å². The quantitative estimate of drug-likeness (QED) is 0.692. The Hall–Kier alpha value is -3.16. The molecule has 4 heterocycles. The van der Waals surface area contributed by atoms with Crippen LogP contribution in [0.2, 0.25) is 0 Å². The lowest BCUT2D eigenvalue weighted by Gasteiger charge is -2.32. The molecule has 4 rings (SSSR count). The van der Waals surface area contributed by atoms with E-state index < -0.39 is 0 Å². The van der Waals surface area contributed by atoms with Gasteiger partial charge in [0, 0.05) is 57.4 Å². The standard InChI is InChI=1S/C21H26N6O2/c1-16-4-5-19-24-18(14-27(19)12-16)21(29)26-8-2-3-17(13-26)11-20(28)23-7-10-25-9-6-22-15-25/h4-6,9,12,14-15,17H,2-3,7-8,10-11,13H2,1H3,(H,23,28)/t17-/m1/s1. The average molecular weight is 394 g/mol. The summed E-state index contributed by atoms with van der Waals surface area (Å²) in [5.74, 6) is 0.157. The minimum absolute atomic E-state index is 0.0348. The summed E-state index contributed by atoms with van der Waals surface area (Å²) in [6.07, 6.45) is 11.4. The van der Waals surface area contributed by atoms with E-state index >= 15 is 0 Å². The highest BCUT2D eigenvalue weighted by Crippen LogP contribution is 2.21. The van der Waals surface area contributed by atoms with E-state index in [1.807, 2.05) is 45.3 Å². The molecular weight excluding hydrogens is 368 g/mol. The normalized spacial score (nSPS) is 16.9. The first-order valence-electron chi connectivity index (χ1n) is 10.1. The summed E-state index contributed by atoms with van der Waals surface area (Å²) in [4.78, 5) is 35.5. The van der Waals surface area contributed by atoms with Crippen LogP contribution >= 0.6 is 0 Å². The lowest BCUT2D eigenvalue weighted by molar-refractivity contribution is -0.122. The van der Waals surface area contributed by atoms with Crippen LogP contribution in [0.1, 0.15) is 35.3 Å². The Morgan fingerprint density at radius 3 is 3.00 bits per heavy atom. The molecular formula is C21H26N6O2. The number of aryl methyl sites for hydroxylation is 1. The molecule has 0 aromatic carbocycles. The molecule has 0 bridgehead atoms. The summed E-state index contributed by atoms with van der Waals surface area (Å²) in [5.41, 5.74) is 2.34. The number of hydrogen-bond donors (Lipinski definition) is 1. The second-order valence-electron chi connectivity index (χ2n) is 7.71. The van der Waals surface area contributed by atoms with Crippen molar-refractivity contribution < 1.29 is 9.59 Å². The zero-order valence-corrected chi connectivity index (χ0v) is 16.6. The molecule has 8 heteroatoms. The zero-order valence-electron chi connectivity index (χ0n) is 16.6. The first-order valence-corrected chi connectivity index (χ1v) is 10.1. The van der Waals surface area contributed by atoms with Crippen LogP contribution in [-0.2, 0) is 11.3 Å². The number of fused-ring (bicyclic) bond motifs is 1. The number of likely N-dealkylation sites (tertiary alicyclic amines) is 1. The van der Waals surface area contributed by atoms with E-state index in [1.54, 1.807) is 18.7 Å². The summed E-state index contributed by atoms with van der Waals surface area (Å²) < 4.78 is 3.81. The average Bonchev–Trinajstić information content (AvgIpc) is 3.37. The van der Waals surface area contributed by atoms with Crippen LogP contribution in [0.25, 0.3) is 5.65 Å². The molecule has 1 aliphatic rings. The predicted molar refractivity (Wildman–Crippen MR) is 108 cm³/mol. The number of aromatic nitrogens is 4. The van der Waals surface area contributed by atoms with Gasteiger partial charge in [-0.05, 0) is 37.3 Å². The summed E-state index contributed by atoms with van der Waals surface area (Å²) in [6, 6.07) is 3.90. The van der Waals surface area contributed by atoms with Gasteiger partial charge in [-0.2, -0.15) is 0 Å². The van der Waals surface area contributed by atoms with Crippen LogP contribution in [0.3, 0.4) is 0 Å². The SMILES string of the molecule is Cc1ccc2nc(C(=O)N3CCC[C@H](CC(=O)NCCn4ccnc4)C3)cn2c1. The number of nitrogens with one attached hydrogen (secondary N) is 1. The monoisotopic (exact) mass is 394 g/mol. The van der Waals surface area contributed by atoms with Crippen LogP contribution in [0.5, 0.6) is 0 Å². The third-order valence-electron chi connectivity index (χ3n) is 5.35. The van der Waals surface area contributed by atoms with Crippen molar-refractivity contribution in [3.63, 3.8) is 0 Å². The molecule has 2 amide bonds. The Morgan fingerprint density at radius 2 is 2.17 bits per heavy atom. The van der Waals surface area contributed by atoms with Crippen molar-refractivity contribution in [3.05, 3.63) is 54.5 Å². The van der Waals surface area contributed by atoms with Crippen LogP contribution in [-0.4, -0.2) is 55.3 Å². The molecule has 3 aromatic heterocycles. The summed E-state index contributed by atoms with van der Waals surface area (Å²) >= 11 is 0. The number of amides is 2. The minimum atomic E-state index is -0.0587. The molecule has 8 nitrogen and oxygen atoms in total. The minimum Gasteiger partial charge on any atom is -0.354 e. The number of piperidine rings is 1. The molecule has 1 saturated heterocycles. The fourth-order valence-electron chi connectivity index (χ4n) is 3.86. The Kier molecular flexibility index (Phi) is 5.59. The lowest BCUT2D eigenvalue weighted by Crippen LogP contribution is -2.41. The number of nitrogens with zero attached hydrogens (tertiary/aromatic N) is 5. The first kappa shape index (κ1) is 19.2. The Morgan fingerprint density at radius 1 is 1.28 bits per heavy atom. The molecule has 29 heavy (non-hydrogen) atoms. The summed E-state index contributed by atoms with van der Waals surface area (Å²) in [7, 11) is 0. The molecule has 3 aromatic rings. The fraction of sp³-hybridized carbons (Fsp3) is 0.429. The van der Waals surface area contributed by atoms with Crippen molar-refractivity contribution in [3.8, 4) is 0 Å².